The second kappa shape index (κ2) is 11.2. The minimum absolute atomic E-state index is 0.0890. The van der Waals surface area contributed by atoms with Gasteiger partial charge >= 0.3 is 0 Å². The van der Waals surface area contributed by atoms with Crippen molar-refractivity contribution >= 4 is 34.2 Å². The molecule has 7 rings (SSSR count). The summed E-state index contributed by atoms with van der Waals surface area (Å²) in [4.78, 5) is 30.0. The van der Waals surface area contributed by atoms with Crippen molar-refractivity contribution < 1.29 is 9.47 Å². The monoisotopic (exact) mass is 571 g/mol. The Labute approximate surface area is 244 Å². The number of hydrogen-bond acceptors (Lipinski definition) is 10. The fourth-order valence-electron chi connectivity index (χ4n) is 6.09. The van der Waals surface area contributed by atoms with Crippen LogP contribution in [0.3, 0.4) is 0 Å². The Balaban J connectivity index is 1.25. The van der Waals surface area contributed by atoms with Gasteiger partial charge in [-0.1, -0.05) is 12.2 Å². The van der Waals surface area contributed by atoms with Gasteiger partial charge in [0.05, 0.1) is 19.3 Å². The van der Waals surface area contributed by atoms with Gasteiger partial charge in [-0.3, -0.25) is 9.69 Å². The number of hydrogen-bond donors (Lipinski definition) is 2. The van der Waals surface area contributed by atoms with E-state index in [1.807, 2.05) is 29.0 Å². The first-order valence-corrected chi connectivity index (χ1v) is 14.7. The molecule has 12 heteroatoms. The normalized spacial score (nSPS) is 22.0. The molecule has 0 amide bonds. The Bertz CT molecular complexity index is 1630. The molecule has 4 aliphatic heterocycles. The molecule has 6 heterocycles. The number of rotatable bonds is 4. The highest BCUT2D eigenvalue weighted by Gasteiger charge is 2.32. The van der Waals surface area contributed by atoms with E-state index in [9.17, 15) is 4.79 Å². The summed E-state index contributed by atoms with van der Waals surface area (Å²) in [5.41, 5.74) is 2.27. The number of nitrogens with one attached hydrogen (secondary N) is 2. The summed E-state index contributed by atoms with van der Waals surface area (Å²) < 4.78 is 15.3. The molecule has 2 aromatic heterocycles. The molecule has 2 saturated heterocycles. The molecule has 4 aliphatic rings. The van der Waals surface area contributed by atoms with Crippen molar-refractivity contribution in [2.75, 3.05) is 70.2 Å². The zero-order chi connectivity index (χ0) is 28.6. The molecule has 0 spiro atoms. The van der Waals surface area contributed by atoms with E-state index in [0.29, 0.717) is 30.1 Å². The van der Waals surface area contributed by atoms with Gasteiger partial charge in [0.15, 0.2) is 5.65 Å². The predicted octanol–water partition coefficient (Wildman–Crippen LogP) is 2.39. The molecule has 1 aromatic carbocycles. The van der Waals surface area contributed by atoms with Crippen molar-refractivity contribution in [3.8, 4) is 5.75 Å². The van der Waals surface area contributed by atoms with Crippen LogP contribution in [-0.4, -0.2) is 95.3 Å². The number of nitrogens with zero attached hydrogens (tertiary/aromatic N) is 7. The Morgan fingerprint density at radius 2 is 1.98 bits per heavy atom. The van der Waals surface area contributed by atoms with Crippen LogP contribution in [0.4, 0.5) is 17.3 Å². The third kappa shape index (κ3) is 4.90. The van der Waals surface area contributed by atoms with E-state index < -0.39 is 0 Å². The van der Waals surface area contributed by atoms with Crippen LogP contribution in [0.25, 0.3) is 16.9 Å². The van der Waals surface area contributed by atoms with Crippen molar-refractivity contribution in [2.45, 2.75) is 25.6 Å². The van der Waals surface area contributed by atoms with Crippen LogP contribution in [0.5, 0.6) is 5.75 Å². The van der Waals surface area contributed by atoms with E-state index in [1.54, 1.807) is 18.0 Å². The van der Waals surface area contributed by atoms with Gasteiger partial charge in [0, 0.05) is 57.2 Å². The third-order valence-corrected chi connectivity index (χ3v) is 8.42. The van der Waals surface area contributed by atoms with Gasteiger partial charge in [0.1, 0.15) is 35.5 Å². The van der Waals surface area contributed by atoms with Gasteiger partial charge < -0.3 is 29.9 Å². The number of aromatic nitrogens is 4. The number of morpholine rings is 1. The van der Waals surface area contributed by atoms with Gasteiger partial charge in [-0.15, -0.1) is 0 Å². The number of methoxy groups -OCH3 is 1. The summed E-state index contributed by atoms with van der Waals surface area (Å²) in [6, 6.07) is 6.06. The number of allylic oxidation sites excluding steroid dienone is 4. The molecule has 0 saturated carbocycles. The third-order valence-electron chi connectivity index (χ3n) is 8.42. The van der Waals surface area contributed by atoms with Crippen molar-refractivity contribution in [2.24, 2.45) is 0 Å². The minimum atomic E-state index is -0.134. The first-order valence-electron chi connectivity index (χ1n) is 14.7. The zero-order valence-electron chi connectivity index (χ0n) is 24.1. The average molecular weight is 572 g/mol. The molecule has 0 aliphatic carbocycles. The highest BCUT2D eigenvalue weighted by atomic mass is 16.5. The highest BCUT2D eigenvalue weighted by Crippen LogP contribution is 2.33. The van der Waals surface area contributed by atoms with Gasteiger partial charge in [-0.25, -0.2) is 14.3 Å². The molecule has 3 aromatic rings. The lowest BCUT2D eigenvalue weighted by Crippen LogP contribution is -2.53. The number of ether oxygens (including phenoxy) is 2. The van der Waals surface area contributed by atoms with Crippen LogP contribution in [0.1, 0.15) is 12.8 Å². The van der Waals surface area contributed by atoms with Crippen molar-refractivity contribution in [1.29, 1.82) is 0 Å². The van der Waals surface area contributed by atoms with E-state index in [2.05, 4.69) is 55.6 Å². The lowest BCUT2D eigenvalue weighted by molar-refractivity contribution is 0.0387. The van der Waals surface area contributed by atoms with Crippen LogP contribution < -0.4 is 25.8 Å². The Morgan fingerprint density at radius 1 is 1.10 bits per heavy atom. The lowest BCUT2D eigenvalue weighted by atomic mass is 10.2. The number of likely N-dealkylation sites (N-methyl/N-ethyl adjacent to an activating group) is 1. The van der Waals surface area contributed by atoms with E-state index in [4.69, 9.17) is 14.5 Å². The van der Waals surface area contributed by atoms with Crippen LogP contribution in [0, 0.1) is 0 Å². The SMILES string of the molecule is COc1cc(Nc2ncc3c(=O)n4n(c3n2)C2=CC=C3OCCN(CCC/C=C\C4)C3N2)ccc1N1CCN(C)CC1. The Morgan fingerprint density at radius 3 is 2.83 bits per heavy atom. The van der Waals surface area contributed by atoms with Crippen LogP contribution in [-0.2, 0) is 11.3 Å². The molecule has 42 heavy (non-hydrogen) atoms. The number of anilines is 3. The van der Waals surface area contributed by atoms with Gasteiger partial charge in [0.25, 0.3) is 5.56 Å². The summed E-state index contributed by atoms with van der Waals surface area (Å²) >= 11 is 0. The summed E-state index contributed by atoms with van der Waals surface area (Å²) in [7, 11) is 3.84. The number of fused-ring (bicyclic) bond motifs is 5. The van der Waals surface area contributed by atoms with Gasteiger partial charge in [-0.2, -0.15) is 4.98 Å². The smallest absolute Gasteiger partial charge is 0.278 e. The summed E-state index contributed by atoms with van der Waals surface area (Å²) in [6.45, 7) is 6.85. The largest absolute Gasteiger partial charge is 0.495 e. The summed E-state index contributed by atoms with van der Waals surface area (Å²) in [6.07, 6.45) is 11.7. The Kier molecular flexibility index (Phi) is 7.08. The van der Waals surface area contributed by atoms with E-state index >= 15 is 0 Å². The van der Waals surface area contributed by atoms with Crippen molar-refractivity contribution in [3.63, 3.8) is 0 Å². The summed E-state index contributed by atoms with van der Waals surface area (Å²) in [5, 5.41) is 7.42. The molecular weight excluding hydrogens is 534 g/mol. The Hall–Kier alpha value is -4.29. The number of dihydropyridines is 1. The number of piperazine rings is 1. The maximum absolute atomic E-state index is 13.6. The highest BCUT2D eigenvalue weighted by molar-refractivity contribution is 5.79. The fraction of sp³-hybridized carbons (Fsp3) is 0.433. The quantitative estimate of drug-likeness (QED) is 0.454. The maximum Gasteiger partial charge on any atom is 0.278 e. The van der Waals surface area contributed by atoms with Gasteiger partial charge in [0.2, 0.25) is 5.95 Å². The first-order chi connectivity index (χ1) is 20.6. The summed E-state index contributed by atoms with van der Waals surface area (Å²) in [5.74, 6) is 2.85. The molecule has 2 fully saturated rings. The van der Waals surface area contributed by atoms with E-state index in [0.717, 1.165) is 80.8 Å². The molecule has 2 N–H and O–H groups in total. The molecule has 1 atom stereocenters. The second-order valence-corrected chi connectivity index (χ2v) is 11.1. The lowest BCUT2D eigenvalue weighted by Gasteiger charge is -2.40. The first kappa shape index (κ1) is 26.6. The fourth-order valence-corrected chi connectivity index (χ4v) is 6.09. The van der Waals surface area contributed by atoms with Crippen molar-refractivity contribution in [3.05, 3.63) is 64.8 Å². The van der Waals surface area contributed by atoms with E-state index in [1.165, 1.54) is 0 Å². The molecule has 1 unspecified atom stereocenters. The molecule has 2 bridgehead atoms. The van der Waals surface area contributed by atoms with Gasteiger partial charge in [-0.05, 0) is 44.2 Å². The average Bonchev–Trinajstić information content (AvgIpc) is 3.28. The van der Waals surface area contributed by atoms with Crippen LogP contribution in [0.2, 0.25) is 0 Å². The van der Waals surface area contributed by atoms with Crippen LogP contribution in [0.15, 0.2) is 59.3 Å². The van der Waals surface area contributed by atoms with Crippen molar-refractivity contribution in [1.82, 2.24) is 34.4 Å². The molecular formula is C30H37N9O3. The standard InChI is InChI=1S/C30H37N9O3/c1-35-13-15-36(16-14-35)23-8-7-21(19-25(23)41-2)32-30-31-20-22-27(34-30)39-26-10-9-24-28(33-26)37(17-18-42-24)11-5-3-4-6-12-38(39)29(22)40/h4,6-10,19-20,28,33H,3,5,11-18H2,1-2H3,(H,31,32,34)/b6-4-. The molecule has 12 nitrogen and oxygen atoms in total. The zero-order valence-corrected chi connectivity index (χ0v) is 24.1. The second-order valence-electron chi connectivity index (χ2n) is 11.1. The topological polar surface area (TPSA) is 105 Å². The molecule has 0 radical (unpaired) electrons. The van der Waals surface area contributed by atoms with Crippen LogP contribution >= 0.6 is 0 Å². The maximum atomic E-state index is 13.6. The molecule has 220 valence electrons. The minimum Gasteiger partial charge on any atom is -0.495 e. The van der Waals surface area contributed by atoms with E-state index in [-0.39, 0.29) is 11.7 Å². The number of benzene rings is 1. The predicted molar refractivity (Wildman–Crippen MR) is 163 cm³/mol.